The molecule has 0 amide bonds. The molecule has 0 aliphatic carbocycles. The molecule has 4 N–H and O–H groups in total. The Bertz CT molecular complexity index is 835. The monoisotopic (exact) mass is 321 g/mol. The molecule has 2 rings (SSSR count). The van der Waals surface area contributed by atoms with Crippen LogP contribution in [0.1, 0.15) is 15.9 Å². The van der Waals surface area contributed by atoms with E-state index in [0.29, 0.717) is 22.6 Å². The van der Waals surface area contributed by atoms with Gasteiger partial charge in [0.15, 0.2) is 11.6 Å². The van der Waals surface area contributed by atoms with Gasteiger partial charge in [-0.25, -0.2) is 0 Å². The van der Waals surface area contributed by atoms with E-state index in [4.69, 9.17) is 21.1 Å². The number of nitriles is 1. The lowest BCUT2D eigenvalue weighted by Gasteiger charge is -2.09. The number of methoxy groups -OCH3 is 1. The number of nitrogens with zero attached hydrogens (tertiary/aromatic N) is 2. The zero-order chi connectivity index (χ0) is 17.5. The van der Waals surface area contributed by atoms with Gasteiger partial charge in [-0.15, -0.1) is 0 Å². The van der Waals surface area contributed by atoms with Crippen molar-refractivity contribution in [2.45, 2.75) is 0 Å². The molecule has 0 saturated carbocycles. The van der Waals surface area contributed by atoms with Crippen molar-refractivity contribution in [2.75, 3.05) is 12.5 Å². The van der Waals surface area contributed by atoms with Crippen LogP contribution in [0.15, 0.2) is 53.6 Å². The molecule has 0 fully saturated rings. The van der Waals surface area contributed by atoms with Crippen molar-refractivity contribution < 1.29 is 9.53 Å². The van der Waals surface area contributed by atoms with E-state index in [9.17, 15) is 4.79 Å². The zero-order valence-electron chi connectivity index (χ0n) is 12.9. The fraction of sp³-hybridized carbons (Fsp3) is 0.0588. The van der Waals surface area contributed by atoms with Crippen LogP contribution in [0.2, 0.25) is 0 Å². The van der Waals surface area contributed by atoms with Crippen LogP contribution in [0.5, 0.6) is 5.75 Å². The molecule has 2 aromatic carbocycles. The van der Waals surface area contributed by atoms with E-state index in [1.165, 1.54) is 0 Å². The molecule has 120 valence electrons. The molecule has 0 spiro atoms. The first-order valence-electron chi connectivity index (χ1n) is 6.92. The van der Waals surface area contributed by atoms with Gasteiger partial charge in [0.1, 0.15) is 11.8 Å². The maximum atomic E-state index is 12.7. The summed E-state index contributed by atoms with van der Waals surface area (Å²) in [6.45, 7) is 0. The van der Waals surface area contributed by atoms with Crippen LogP contribution in [-0.2, 0) is 0 Å². The Morgan fingerprint density at radius 1 is 1.25 bits per heavy atom. The molecular formula is C17H15N5O2. The molecule has 2 aromatic rings. The number of amidine groups is 1. The maximum Gasteiger partial charge on any atom is 0.201 e. The summed E-state index contributed by atoms with van der Waals surface area (Å²) < 4.78 is 5.07. The highest BCUT2D eigenvalue weighted by atomic mass is 16.5. The van der Waals surface area contributed by atoms with E-state index in [1.54, 1.807) is 61.7 Å². The standard InChI is InChI=1S/C17H15N5O2/c1-24-12-8-6-11(7-9-12)16(23)13-4-2-3-5-14(13)21-22-15(10-18)17(19)20/h2-9,21H,1H3,(H3,19,20)/b22-15+. The fourth-order valence-electron chi connectivity index (χ4n) is 1.94. The highest BCUT2D eigenvalue weighted by Crippen LogP contribution is 2.21. The summed E-state index contributed by atoms with van der Waals surface area (Å²) in [4.78, 5) is 12.7. The smallest absolute Gasteiger partial charge is 0.201 e. The maximum absolute atomic E-state index is 12.7. The van der Waals surface area contributed by atoms with Gasteiger partial charge in [-0.2, -0.15) is 10.4 Å². The van der Waals surface area contributed by atoms with Crippen molar-refractivity contribution in [1.82, 2.24) is 0 Å². The first kappa shape index (κ1) is 16.7. The zero-order valence-corrected chi connectivity index (χ0v) is 12.9. The number of rotatable bonds is 6. The minimum atomic E-state index is -0.455. The van der Waals surface area contributed by atoms with E-state index in [-0.39, 0.29) is 11.5 Å². The summed E-state index contributed by atoms with van der Waals surface area (Å²) in [7, 11) is 1.55. The highest BCUT2D eigenvalue weighted by Gasteiger charge is 2.13. The molecule has 0 aliphatic rings. The Hall–Kier alpha value is -3.66. The number of carbonyl (C=O) groups excluding carboxylic acids is 1. The van der Waals surface area contributed by atoms with Gasteiger partial charge in [-0.1, -0.05) is 12.1 Å². The summed E-state index contributed by atoms with van der Waals surface area (Å²) in [5, 5.41) is 19.9. The molecule has 0 bridgehead atoms. The Morgan fingerprint density at radius 3 is 2.50 bits per heavy atom. The van der Waals surface area contributed by atoms with Crippen LogP contribution in [0, 0.1) is 16.7 Å². The molecule has 24 heavy (non-hydrogen) atoms. The molecule has 0 saturated heterocycles. The molecule has 0 aliphatic heterocycles. The molecule has 7 heteroatoms. The van der Waals surface area contributed by atoms with E-state index in [2.05, 4.69) is 10.5 Å². The molecule has 0 heterocycles. The predicted molar refractivity (Wildman–Crippen MR) is 91.5 cm³/mol. The Kier molecular flexibility index (Phi) is 5.26. The number of anilines is 1. The van der Waals surface area contributed by atoms with Crippen LogP contribution in [0.25, 0.3) is 0 Å². The van der Waals surface area contributed by atoms with Crippen LogP contribution >= 0.6 is 0 Å². The fourth-order valence-corrected chi connectivity index (χ4v) is 1.94. The second kappa shape index (κ2) is 7.56. The van der Waals surface area contributed by atoms with Gasteiger partial charge in [0.05, 0.1) is 12.8 Å². The van der Waals surface area contributed by atoms with Crippen molar-refractivity contribution in [2.24, 2.45) is 10.8 Å². The number of hydrogen-bond acceptors (Lipinski definition) is 6. The number of hydrazone groups is 1. The van der Waals surface area contributed by atoms with Crippen LogP contribution in [0.3, 0.4) is 0 Å². The van der Waals surface area contributed by atoms with Crippen LogP contribution < -0.4 is 15.9 Å². The number of ketones is 1. The van der Waals surface area contributed by atoms with Crippen molar-refractivity contribution >= 4 is 23.0 Å². The van der Waals surface area contributed by atoms with Crippen LogP contribution in [-0.4, -0.2) is 24.4 Å². The van der Waals surface area contributed by atoms with E-state index < -0.39 is 5.84 Å². The second-order valence-corrected chi connectivity index (χ2v) is 4.70. The summed E-state index contributed by atoms with van der Waals surface area (Å²) in [5.41, 5.74) is 8.87. The Morgan fingerprint density at radius 2 is 1.92 bits per heavy atom. The third kappa shape index (κ3) is 3.75. The summed E-state index contributed by atoms with van der Waals surface area (Å²) in [6.07, 6.45) is 0. The number of nitrogens with one attached hydrogen (secondary N) is 2. The lowest BCUT2D eigenvalue weighted by molar-refractivity contribution is 0.103. The van der Waals surface area contributed by atoms with Gasteiger partial charge in [0, 0.05) is 11.1 Å². The quantitative estimate of drug-likeness (QED) is 0.325. The topological polar surface area (TPSA) is 124 Å². The Balaban J connectivity index is 2.32. The third-order valence-corrected chi connectivity index (χ3v) is 3.17. The molecule has 0 radical (unpaired) electrons. The van der Waals surface area contributed by atoms with E-state index in [0.717, 1.165) is 0 Å². The van der Waals surface area contributed by atoms with Crippen molar-refractivity contribution in [1.29, 1.82) is 10.7 Å². The minimum Gasteiger partial charge on any atom is -0.497 e. The molecular weight excluding hydrogens is 306 g/mol. The van der Waals surface area contributed by atoms with Gasteiger partial charge in [-0.05, 0) is 36.4 Å². The first-order valence-corrected chi connectivity index (χ1v) is 6.92. The predicted octanol–water partition coefficient (Wildman–Crippen LogP) is 2.15. The largest absolute Gasteiger partial charge is 0.497 e. The molecule has 0 atom stereocenters. The van der Waals surface area contributed by atoms with Gasteiger partial charge >= 0.3 is 0 Å². The summed E-state index contributed by atoms with van der Waals surface area (Å²) in [6, 6.07) is 15.2. The van der Waals surface area contributed by atoms with Gasteiger partial charge in [-0.3, -0.25) is 15.6 Å². The minimum absolute atomic E-state index is 0.211. The summed E-state index contributed by atoms with van der Waals surface area (Å²) >= 11 is 0. The van der Waals surface area contributed by atoms with E-state index >= 15 is 0 Å². The molecule has 0 aromatic heterocycles. The van der Waals surface area contributed by atoms with E-state index in [1.807, 2.05) is 0 Å². The van der Waals surface area contributed by atoms with Gasteiger partial charge in [0.2, 0.25) is 5.71 Å². The molecule has 7 nitrogen and oxygen atoms in total. The number of ether oxygens (including phenoxy) is 1. The van der Waals surface area contributed by atoms with Crippen molar-refractivity contribution in [3.63, 3.8) is 0 Å². The summed E-state index contributed by atoms with van der Waals surface area (Å²) in [5.74, 6) is -0.0103. The van der Waals surface area contributed by atoms with Crippen molar-refractivity contribution in [3.05, 3.63) is 59.7 Å². The molecule has 0 unspecified atom stereocenters. The number of nitrogens with two attached hydrogens (primary N) is 1. The number of para-hydroxylation sites is 1. The Labute approximate surface area is 138 Å². The first-order chi connectivity index (χ1) is 11.6. The number of benzene rings is 2. The average Bonchev–Trinajstić information content (AvgIpc) is 2.62. The lowest BCUT2D eigenvalue weighted by Crippen LogP contribution is -2.22. The number of carbonyl (C=O) groups is 1. The second-order valence-electron chi connectivity index (χ2n) is 4.70. The third-order valence-electron chi connectivity index (χ3n) is 3.17. The lowest BCUT2D eigenvalue weighted by atomic mass is 10.0. The van der Waals surface area contributed by atoms with Gasteiger partial charge < -0.3 is 10.5 Å². The SMILES string of the molecule is COc1ccc(C(=O)c2ccccc2N/N=C(\C#N)C(=N)N)cc1. The van der Waals surface area contributed by atoms with Crippen LogP contribution in [0.4, 0.5) is 5.69 Å². The van der Waals surface area contributed by atoms with Gasteiger partial charge in [0.25, 0.3) is 0 Å². The average molecular weight is 321 g/mol. The normalized spacial score (nSPS) is 10.6. The van der Waals surface area contributed by atoms with Crippen molar-refractivity contribution in [3.8, 4) is 11.8 Å². The number of hydrogen-bond donors (Lipinski definition) is 3. The highest BCUT2D eigenvalue weighted by molar-refractivity contribution is 6.45.